The van der Waals surface area contributed by atoms with Crippen LogP contribution in [0.4, 0.5) is 19.0 Å². The molecule has 25 heavy (non-hydrogen) atoms. The van der Waals surface area contributed by atoms with Crippen molar-refractivity contribution in [3.63, 3.8) is 0 Å². The summed E-state index contributed by atoms with van der Waals surface area (Å²) >= 11 is 0. The number of halogens is 4. The summed E-state index contributed by atoms with van der Waals surface area (Å²) in [5, 5.41) is 2.87. The molecule has 2 aromatic rings. The van der Waals surface area contributed by atoms with Gasteiger partial charge in [0.25, 0.3) is 0 Å². The van der Waals surface area contributed by atoms with Crippen LogP contribution in [0.5, 0.6) is 0 Å². The van der Waals surface area contributed by atoms with Crippen LogP contribution in [0.3, 0.4) is 0 Å². The highest BCUT2D eigenvalue weighted by Crippen LogP contribution is 2.49. The average molecular weight is 462 g/mol. The molecule has 1 aromatic carbocycles. The van der Waals surface area contributed by atoms with Gasteiger partial charge in [-0.05, 0) is 36.6 Å². The summed E-state index contributed by atoms with van der Waals surface area (Å²) in [6.45, 7) is 0.347. The topological polar surface area (TPSA) is 63.3 Å². The van der Waals surface area contributed by atoms with Crippen molar-refractivity contribution in [1.82, 2.24) is 4.98 Å². The maximum atomic E-state index is 12.9. The van der Waals surface area contributed by atoms with Gasteiger partial charge in [0, 0.05) is 11.6 Å². The Bertz CT molecular complexity index is 743. The number of nitrogens with zero attached hydrogens (tertiary/aromatic N) is 2. The third-order valence-corrected chi connectivity index (χ3v) is 4.13. The molecular weight excluding hydrogens is 444 g/mol. The summed E-state index contributed by atoms with van der Waals surface area (Å²) in [5.74, 6) is 0.773. The standard InChI is InChI=1S/C17H17F3N4.HI/c18-17(19,20)13-5-3-4-12(10-13)16(7-8-16)11-23-15(21)24-14-6-1-2-9-22-14;/h1-6,9-10H,7-8,11H2,(H3,21,22,23,24);1H. The van der Waals surface area contributed by atoms with Crippen molar-refractivity contribution in [3.05, 3.63) is 59.8 Å². The van der Waals surface area contributed by atoms with Gasteiger partial charge in [-0.3, -0.25) is 4.99 Å². The van der Waals surface area contributed by atoms with Crippen LogP contribution in [0, 0.1) is 0 Å². The smallest absolute Gasteiger partial charge is 0.370 e. The first kappa shape index (κ1) is 19.5. The van der Waals surface area contributed by atoms with Gasteiger partial charge in [-0.1, -0.05) is 24.3 Å². The zero-order valence-corrected chi connectivity index (χ0v) is 15.6. The van der Waals surface area contributed by atoms with E-state index in [1.54, 1.807) is 24.4 Å². The van der Waals surface area contributed by atoms with Gasteiger partial charge < -0.3 is 11.1 Å². The molecule has 4 nitrogen and oxygen atoms in total. The number of aliphatic imine (C=N–C) groups is 1. The highest BCUT2D eigenvalue weighted by atomic mass is 127. The molecule has 0 radical (unpaired) electrons. The molecule has 0 spiro atoms. The number of nitrogens with one attached hydrogen (secondary N) is 1. The number of alkyl halides is 3. The van der Waals surface area contributed by atoms with E-state index in [-0.39, 0.29) is 35.4 Å². The Balaban J connectivity index is 0.00000225. The minimum atomic E-state index is -4.34. The minimum Gasteiger partial charge on any atom is -0.370 e. The van der Waals surface area contributed by atoms with Crippen LogP contribution in [-0.4, -0.2) is 17.5 Å². The third-order valence-electron chi connectivity index (χ3n) is 4.13. The molecule has 0 unspecified atom stereocenters. The van der Waals surface area contributed by atoms with Crippen LogP contribution < -0.4 is 11.1 Å². The summed E-state index contributed by atoms with van der Waals surface area (Å²) in [6.07, 6.45) is -1.11. The highest BCUT2D eigenvalue weighted by molar-refractivity contribution is 14.0. The van der Waals surface area contributed by atoms with Gasteiger partial charge in [-0.2, -0.15) is 13.2 Å². The molecule has 3 N–H and O–H groups in total. The molecule has 1 heterocycles. The van der Waals surface area contributed by atoms with Crippen molar-refractivity contribution in [2.45, 2.75) is 24.4 Å². The Kier molecular flexibility index (Phi) is 5.91. The molecule has 1 saturated carbocycles. The van der Waals surface area contributed by atoms with E-state index in [2.05, 4.69) is 15.3 Å². The second-order valence-electron chi connectivity index (χ2n) is 5.90. The Morgan fingerprint density at radius 2 is 1.96 bits per heavy atom. The van der Waals surface area contributed by atoms with E-state index in [1.165, 1.54) is 12.1 Å². The summed E-state index contributed by atoms with van der Waals surface area (Å²) in [5.41, 5.74) is 5.52. The number of aromatic nitrogens is 1. The van der Waals surface area contributed by atoms with Crippen LogP contribution in [-0.2, 0) is 11.6 Å². The lowest BCUT2D eigenvalue weighted by Gasteiger charge is -2.16. The number of anilines is 1. The van der Waals surface area contributed by atoms with Gasteiger partial charge in [-0.25, -0.2) is 4.98 Å². The number of pyridine rings is 1. The van der Waals surface area contributed by atoms with E-state index in [4.69, 9.17) is 5.73 Å². The molecule has 3 rings (SSSR count). The SMILES string of the molecule is I.NC(=NCC1(c2cccc(C(F)(F)F)c2)CC1)Nc1ccccn1. The Morgan fingerprint density at radius 3 is 2.56 bits per heavy atom. The zero-order valence-electron chi connectivity index (χ0n) is 13.3. The van der Waals surface area contributed by atoms with Crippen LogP contribution in [0.2, 0.25) is 0 Å². The number of hydrogen-bond donors (Lipinski definition) is 2. The second-order valence-corrected chi connectivity index (χ2v) is 5.90. The molecule has 0 aliphatic heterocycles. The van der Waals surface area contributed by atoms with Gasteiger partial charge in [0.2, 0.25) is 0 Å². The van der Waals surface area contributed by atoms with Gasteiger partial charge in [0.1, 0.15) is 5.82 Å². The minimum absolute atomic E-state index is 0. The van der Waals surface area contributed by atoms with Crippen LogP contribution in [0.1, 0.15) is 24.0 Å². The molecular formula is C17H18F3IN4. The van der Waals surface area contributed by atoms with E-state index in [9.17, 15) is 13.2 Å². The Morgan fingerprint density at radius 1 is 1.20 bits per heavy atom. The Hall–Kier alpha value is -1.84. The van der Waals surface area contributed by atoms with E-state index >= 15 is 0 Å². The number of guanidine groups is 1. The molecule has 0 bridgehead atoms. The van der Waals surface area contributed by atoms with Crippen molar-refractivity contribution in [3.8, 4) is 0 Å². The van der Waals surface area contributed by atoms with Gasteiger partial charge >= 0.3 is 6.18 Å². The highest BCUT2D eigenvalue weighted by Gasteiger charge is 2.45. The summed E-state index contributed by atoms with van der Waals surface area (Å²) in [7, 11) is 0. The van der Waals surface area contributed by atoms with E-state index < -0.39 is 11.7 Å². The molecule has 134 valence electrons. The van der Waals surface area contributed by atoms with E-state index in [1.807, 2.05) is 6.07 Å². The monoisotopic (exact) mass is 462 g/mol. The predicted octanol–water partition coefficient (Wildman–Crippen LogP) is 4.18. The lowest BCUT2D eigenvalue weighted by molar-refractivity contribution is -0.137. The largest absolute Gasteiger partial charge is 0.416 e. The molecule has 1 fully saturated rings. The molecule has 1 aliphatic rings. The first-order chi connectivity index (χ1) is 11.4. The maximum Gasteiger partial charge on any atom is 0.416 e. The Labute approximate surface area is 160 Å². The molecule has 1 aliphatic carbocycles. The molecule has 1 aromatic heterocycles. The van der Waals surface area contributed by atoms with Crippen LogP contribution >= 0.6 is 24.0 Å². The molecule has 0 atom stereocenters. The molecule has 0 amide bonds. The average Bonchev–Trinajstić information content (AvgIpc) is 3.35. The second kappa shape index (κ2) is 7.59. The molecule has 0 saturated heterocycles. The number of rotatable bonds is 4. The van der Waals surface area contributed by atoms with Crippen molar-refractivity contribution >= 4 is 35.8 Å². The van der Waals surface area contributed by atoms with Crippen LogP contribution in [0.15, 0.2) is 53.7 Å². The van der Waals surface area contributed by atoms with Gasteiger partial charge in [-0.15, -0.1) is 24.0 Å². The zero-order chi connectivity index (χ0) is 17.2. The van der Waals surface area contributed by atoms with Crippen molar-refractivity contribution in [1.29, 1.82) is 0 Å². The van der Waals surface area contributed by atoms with Crippen LogP contribution in [0.25, 0.3) is 0 Å². The lowest BCUT2D eigenvalue weighted by Crippen LogP contribution is -2.25. The molecule has 8 heteroatoms. The fourth-order valence-corrected chi connectivity index (χ4v) is 2.56. The van der Waals surface area contributed by atoms with E-state index in [0.29, 0.717) is 17.9 Å². The van der Waals surface area contributed by atoms with Crippen molar-refractivity contribution < 1.29 is 13.2 Å². The number of nitrogens with two attached hydrogens (primary N) is 1. The van der Waals surface area contributed by atoms with Crippen molar-refractivity contribution in [2.75, 3.05) is 11.9 Å². The third kappa shape index (κ3) is 4.83. The maximum absolute atomic E-state index is 12.9. The van der Waals surface area contributed by atoms with E-state index in [0.717, 1.165) is 18.9 Å². The quantitative estimate of drug-likeness (QED) is 0.407. The normalized spacial score (nSPS) is 16.0. The predicted molar refractivity (Wildman–Crippen MR) is 102 cm³/mol. The number of hydrogen-bond acceptors (Lipinski definition) is 2. The number of benzene rings is 1. The van der Waals surface area contributed by atoms with Crippen molar-refractivity contribution in [2.24, 2.45) is 10.7 Å². The first-order valence-electron chi connectivity index (χ1n) is 7.55. The fourth-order valence-electron chi connectivity index (χ4n) is 2.56. The van der Waals surface area contributed by atoms with Gasteiger partial charge in [0.05, 0.1) is 12.1 Å². The summed E-state index contributed by atoms with van der Waals surface area (Å²) in [6, 6.07) is 10.8. The first-order valence-corrected chi connectivity index (χ1v) is 7.55. The summed E-state index contributed by atoms with van der Waals surface area (Å²) < 4.78 is 38.6. The van der Waals surface area contributed by atoms with Gasteiger partial charge in [0.15, 0.2) is 5.96 Å². The fraction of sp³-hybridized carbons (Fsp3) is 0.294. The summed E-state index contributed by atoms with van der Waals surface area (Å²) in [4.78, 5) is 8.36. The lowest BCUT2D eigenvalue weighted by atomic mass is 9.94.